The first kappa shape index (κ1) is 14.3. The van der Waals surface area contributed by atoms with Crippen LogP contribution in [0.2, 0.25) is 0 Å². The maximum atomic E-state index is 12.7. The second kappa shape index (κ2) is 6.05. The predicted molar refractivity (Wildman–Crippen MR) is 85.5 cm³/mol. The number of hydrogen-bond acceptors (Lipinski definition) is 2. The molecule has 1 aliphatic heterocycles. The van der Waals surface area contributed by atoms with Crippen LogP contribution in [0.4, 0.5) is 0 Å². The van der Waals surface area contributed by atoms with Gasteiger partial charge < -0.3 is 9.47 Å². The first-order chi connectivity index (χ1) is 10.8. The highest BCUT2D eigenvalue weighted by molar-refractivity contribution is 5.79. The summed E-state index contributed by atoms with van der Waals surface area (Å²) in [6.45, 7) is 2.97. The molecule has 1 saturated heterocycles. The maximum absolute atomic E-state index is 12.7. The van der Waals surface area contributed by atoms with Crippen LogP contribution in [0.3, 0.4) is 0 Å². The van der Waals surface area contributed by atoms with Crippen LogP contribution in [0.25, 0.3) is 0 Å². The van der Waals surface area contributed by atoms with Crippen molar-refractivity contribution < 1.29 is 4.79 Å². The molecule has 2 aliphatic carbocycles. The molecule has 4 nitrogen and oxygen atoms in total. The number of nitrogens with zero attached hydrogens (tertiary/aromatic N) is 3. The number of amides is 1. The van der Waals surface area contributed by atoms with Crippen LogP contribution < -0.4 is 0 Å². The summed E-state index contributed by atoms with van der Waals surface area (Å²) in [5.74, 6) is 3.25. The molecule has 2 heterocycles. The summed E-state index contributed by atoms with van der Waals surface area (Å²) >= 11 is 0. The monoisotopic (exact) mass is 301 g/mol. The van der Waals surface area contributed by atoms with E-state index in [2.05, 4.69) is 20.6 Å². The SMILES string of the molecule is O=C(C1CCCC1)N1CCC[C@@H](c2nccn2CC2CC2)C1. The van der Waals surface area contributed by atoms with Gasteiger partial charge in [-0.15, -0.1) is 0 Å². The number of piperidine rings is 1. The number of rotatable bonds is 4. The third-order valence-corrected chi connectivity index (χ3v) is 5.70. The van der Waals surface area contributed by atoms with E-state index >= 15 is 0 Å². The Morgan fingerprint density at radius 1 is 1.14 bits per heavy atom. The first-order valence-corrected chi connectivity index (χ1v) is 9.11. The standard InChI is InChI=1S/C18H27N3O/c22-18(15-4-1-2-5-15)21-10-3-6-16(13-21)17-19-9-11-20(17)12-14-7-8-14/h9,11,14-16H,1-8,10,12-13H2/t16-/m1/s1. The topological polar surface area (TPSA) is 38.1 Å². The molecule has 120 valence electrons. The van der Waals surface area contributed by atoms with Gasteiger partial charge in [0, 0.05) is 43.9 Å². The lowest BCUT2D eigenvalue weighted by Gasteiger charge is -2.34. The van der Waals surface area contributed by atoms with E-state index in [9.17, 15) is 4.79 Å². The van der Waals surface area contributed by atoms with E-state index in [4.69, 9.17) is 0 Å². The molecule has 0 spiro atoms. The van der Waals surface area contributed by atoms with Crippen LogP contribution in [0, 0.1) is 11.8 Å². The molecule has 0 bridgehead atoms. The Hall–Kier alpha value is -1.32. The Bertz CT molecular complexity index is 528. The minimum absolute atomic E-state index is 0.310. The van der Waals surface area contributed by atoms with Gasteiger partial charge in [0.1, 0.15) is 5.82 Å². The van der Waals surface area contributed by atoms with Crippen LogP contribution in [0.5, 0.6) is 0 Å². The van der Waals surface area contributed by atoms with Crippen molar-refractivity contribution in [3.8, 4) is 0 Å². The fourth-order valence-electron chi connectivity index (χ4n) is 4.23. The minimum Gasteiger partial charge on any atom is -0.342 e. The Morgan fingerprint density at radius 2 is 1.95 bits per heavy atom. The van der Waals surface area contributed by atoms with Gasteiger partial charge in [-0.2, -0.15) is 0 Å². The molecule has 1 aromatic rings. The molecule has 0 aromatic carbocycles. The van der Waals surface area contributed by atoms with Crippen LogP contribution in [-0.2, 0) is 11.3 Å². The Labute approximate surface area is 132 Å². The van der Waals surface area contributed by atoms with Crippen LogP contribution >= 0.6 is 0 Å². The van der Waals surface area contributed by atoms with Gasteiger partial charge in [0.15, 0.2) is 0 Å². The summed E-state index contributed by atoms with van der Waals surface area (Å²) in [5, 5.41) is 0. The van der Waals surface area contributed by atoms with Crippen molar-refractivity contribution in [2.75, 3.05) is 13.1 Å². The highest BCUT2D eigenvalue weighted by Gasteiger charge is 2.33. The number of aromatic nitrogens is 2. The molecule has 0 unspecified atom stereocenters. The molecule has 3 aliphatic rings. The number of hydrogen-bond donors (Lipinski definition) is 0. The van der Waals surface area contributed by atoms with Gasteiger partial charge in [-0.25, -0.2) is 4.98 Å². The predicted octanol–water partition coefficient (Wildman–Crippen LogP) is 3.19. The maximum Gasteiger partial charge on any atom is 0.225 e. The van der Waals surface area contributed by atoms with Gasteiger partial charge in [0.05, 0.1) is 0 Å². The number of carbonyl (C=O) groups excluding carboxylic acids is 1. The summed E-state index contributed by atoms with van der Waals surface area (Å²) in [6.07, 6.45) is 13.8. The van der Waals surface area contributed by atoms with E-state index in [1.54, 1.807) is 0 Å². The van der Waals surface area contributed by atoms with E-state index in [-0.39, 0.29) is 0 Å². The largest absolute Gasteiger partial charge is 0.342 e. The van der Waals surface area contributed by atoms with Gasteiger partial charge in [0.2, 0.25) is 5.91 Å². The molecular weight excluding hydrogens is 274 g/mol. The van der Waals surface area contributed by atoms with E-state index < -0.39 is 0 Å². The average molecular weight is 301 g/mol. The fourth-order valence-corrected chi connectivity index (χ4v) is 4.23. The highest BCUT2D eigenvalue weighted by atomic mass is 16.2. The summed E-state index contributed by atoms with van der Waals surface area (Å²) in [4.78, 5) is 19.5. The average Bonchev–Trinajstić information content (AvgIpc) is 3.04. The third kappa shape index (κ3) is 2.92. The normalized spacial score (nSPS) is 26.5. The lowest BCUT2D eigenvalue weighted by Crippen LogP contribution is -2.42. The van der Waals surface area contributed by atoms with Crippen molar-refractivity contribution in [3.05, 3.63) is 18.2 Å². The van der Waals surface area contributed by atoms with Crippen LogP contribution in [-0.4, -0.2) is 33.4 Å². The molecular formula is C18H27N3O. The highest BCUT2D eigenvalue weighted by Crippen LogP contribution is 2.34. The Morgan fingerprint density at radius 3 is 2.73 bits per heavy atom. The molecule has 2 saturated carbocycles. The number of likely N-dealkylation sites (tertiary alicyclic amines) is 1. The van der Waals surface area contributed by atoms with Crippen molar-refractivity contribution >= 4 is 5.91 Å². The zero-order chi connectivity index (χ0) is 14.9. The van der Waals surface area contributed by atoms with Crippen molar-refractivity contribution in [3.63, 3.8) is 0 Å². The molecule has 1 aromatic heterocycles. The van der Waals surface area contributed by atoms with Gasteiger partial charge in [-0.1, -0.05) is 12.8 Å². The third-order valence-electron chi connectivity index (χ3n) is 5.70. The van der Waals surface area contributed by atoms with E-state index in [0.29, 0.717) is 17.7 Å². The zero-order valence-electron chi connectivity index (χ0n) is 13.4. The number of imidazole rings is 1. The summed E-state index contributed by atoms with van der Waals surface area (Å²) in [5.41, 5.74) is 0. The van der Waals surface area contributed by atoms with Crippen molar-refractivity contribution in [2.45, 2.75) is 63.8 Å². The van der Waals surface area contributed by atoms with Gasteiger partial charge in [-0.05, 0) is 44.4 Å². The molecule has 4 heteroatoms. The quantitative estimate of drug-likeness (QED) is 0.856. The minimum atomic E-state index is 0.310. The van der Waals surface area contributed by atoms with E-state index in [1.165, 1.54) is 37.9 Å². The lowest BCUT2D eigenvalue weighted by molar-refractivity contribution is -0.136. The Balaban J connectivity index is 1.44. The molecule has 0 radical (unpaired) electrons. The Kier molecular flexibility index (Phi) is 3.93. The van der Waals surface area contributed by atoms with E-state index in [0.717, 1.165) is 44.8 Å². The van der Waals surface area contributed by atoms with Crippen molar-refractivity contribution in [2.24, 2.45) is 11.8 Å². The number of carbonyl (C=O) groups is 1. The van der Waals surface area contributed by atoms with Gasteiger partial charge >= 0.3 is 0 Å². The van der Waals surface area contributed by atoms with Gasteiger partial charge in [0.25, 0.3) is 0 Å². The van der Waals surface area contributed by atoms with Crippen LogP contribution in [0.15, 0.2) is 12.4 Å². The van der Waals surface area contributed by atoms with Crippen molar-refractivity contribution in [1.82, 2.24) is 14.5 Å². The second-order valence-corrected chi connectivity index (χ2v) is 7.49. The molecule has 4 rings (SSSR count). The molecule has 0 N–H and O–H groups in total. The molecule has 1 atom stereocenters. The molecule has 22 heavy (non-hydrogen) atoms. The second-order valence-electron chi connectivity index (χ2n) is 7.49. The fraction of sp³-hybridized carbons (Fsp3) is 0.778. The molecule has 1 amide bonds. The first-order valence-electron chi connectivity index (χ1n) is 9.11. The van der Waals surface area contributed by atoms with Crippen molar-refractivity contribution in [1.29, 1.82) is 0 Å². The summed E-state index contributed by atoms with van der Waals surface area (Å²) in [6, 6.07) is 0. The lowest BCUT2D eigenvalue weighted by atomic mass is 9.95. The molecule has 3 fully saturated rings. The smallest absolute Gasteiger partial charge is 0.225 e. The van der Waals surface area contributed by atoms with Gasteiger partial charge in [-0.3, -0.25) is 4.79 Å². The van der Waals surface area contributed by atoms with Crippen LogP contribution in [0.1, 0.15) is 63.1 Å². The summed E-state index contributed by atoms with van der Waals surface area (Å²) in [7, 11) is 0. The zero-order valence-corrected chi connectivity index (χ0v) is 13.4. The summed E-state index contributed by atoms with van der Waals surface area (Å²) < 4.78 is 2.35. The van der Waals surface area contributed by atoms with E-state index in [1.807, 2.05) is 6.20 Å².